The van der Waals surface area contributed by atoms with Gasteiger partial charge in [-0.15, -0.1) is 0 Å². The van der Waals surface area contributed by atoms with Crippen molar-refractivity contribution >= 4 is 10.9 Å². The van der Waals surface area contributed by atoms with E-state index in [9.17, 15) is 0 Å². The van der Waals surface area contributed by atoms with Gasteiger partial charge in [0.15, 0.2) is 0 Å². The Kier molecular flexibility index (Phi) is 2.03. The topological polar surface area (TPSA) is 8.17 Å². The van der Waals surface area contributed by atoms with Crippen molar-refractivity contribution in [1.82, 2.24) is 9.47 Å². The quantitative estimate of drug-likeness (QED) is 0.722. The second-order valence-electron chi connectivity index (χ2n) is 4.41. The molecule has 78 valence electrons. The third-order valence-corrected chi connectivity index (χ3v) is 3.32. The molecule has 1 aliphatic rings. The van der Waals surface area contributed by atoms with Crippen LogP contribution in [0.25, 0.3) is 10.9 Å². The number of rotatable bonds is 2. The van der Waals surface area contributed by atoms with Gasteiger partial charge in [0.2, 0.25) is 0 Å². The van der Waals surface area contributed by atoms with E-state index in [0.29, 0.717) is 0 Å². The van der Waals surface area contributed by atoms with E-state index >= 15 is 0 Å². The van der Waals surface area contributed by atoms with Crippen molar-refractivity contribution in [2.45, 2.75) is 13.0 Å². The fourth-order valence-electron chi connectivity index (χ4n) is 2.33. The monoisotopic (exact) mass is 200 g/mol. The lowest BCUT2D eigenvalue weighted by atomic mass is 10.1. The zero-order chi connectivity index (χ0) is 10.3. The van der Waals surface area contributed by atoms with Crippen LogP contribution in [0.5, 0.6) is 0 Å². The number of hydrogen-bond donors (Lipinski definition) is 0. The van der Waals surface area contributed by atoms with Crippen LogP contribution in [-0.4, -0.2) is 22.6 Å². The fraction of sp³-hybridized carbons (Fsp3) is 0.385. The van der Waals surface area contributed by atoms with Crippen LogP contribution < -0.4 is 0 Å². The summed E-state index contributed by atoms with van der Waals surface area (Å²) in [6.45, 7) is 3.65. The molecular formula is C13H16N2. The molecule has 2 heterocycles. The Hall–Kier alpha value is -1.28. The van der Waals surface area contributed by atoms with Gasteiger partial charge in [-0.1, -0.05) is 18.2 Å². The SMILES string of the molecule is Cn1cc(CN2CCC2)c2ccccc21. The summed E-state index contributed by atoms with van der Waals surface area (Å²) in [6, 6.07) is 8.65. The zero-order valence-electron chi connectivity index (χ0n) is 9.11. The summed E-state index contributed by atoms with van der Waals surface area (Å²) in [6.07, 6.45) is 3.63. The number of hydrogen-bond acceptors (Lipinski definition) is 1. The Morgan fingerprint density at radius 1 is 1.20 bits per heavy atom. The number of nitrogens with zero attached hydrogens (tertiary/aromatic N) is 2. The first-order chi connectivity index (χ1) is 7.34. The maximum atomic E-state index is 2.50. The highest BCUT2D eigenvalue weighted by Gasteiger charge is 2.16. The van der Waals surface area contributed by atoms with Gasteiger partial charge in [-0.25, -0.2) is 0 Å². The molecule has 1 aromatic heterocycles. The van der Waals surface area contributed by atoms with Crippen molar-refractivity contribution in [3.8, 4) is 0 Å². The fourth-order valence-corrected chi connectivity index (χ4v) is 2.33. The standard InChI is InChI=1S/C13H16N2/c1-14-9-11(10-15-7-4-8-15)12-5-2-3-6-13(12)14/h2-3,5-6,9H,4,7-8,10H2,1H3. The molecule has 0 amide bonds. The summed E-state index contributed by atoms with van der Waals surface area (Å²) in [7, 11) is 2.13. The molecule has 0 bridgehead atoms. The molecule has 2 nitrogen and oxygen atoms in total. The highest BCUT2D eigenvalue weighted by atomic mass is 15.2. The molecule has 0 N–H and O–H groups in total. The lowest BCUT2D eigenvalue weighted by Gasteiger charge is -2.30. The third-order valence-electron chi connectivity index (χ3n) is 3.32. The highest BCUT2D eigenvalue weighted by Crippen LogP contribution is 2.23. The Labute approximate surface area is 90.1 Å². The molecule has 1 aromatic carbocycles. The second-order valence-corrected chi connectivity index (χ2v) is 4.41. The molecule has 1 saturated heterocycles. The Bertz CT molecular complexity index is 480. The first-order valence-corrected chi connectivity index (χ1v) is 5.60. The summed E-state index contributed by atoms with van der Waals surface area (Å²) >= 11 is 0. The number of likely N-dealkylation sites (tertiary alicyclic amines) is 1. The minimum absolute atomic E-state index is 1.11. The average molecular weight is 200 g/mol. The van der Waals surface area contributed by atoms with Crippen molar-refractivity contribution in [3.63, 3.8) is 0 Å². The van der Waals surface area contributed by atoms with Gasteiger partial charge in [-0.2, -0.15) is 0 Å². The minimum Gasteiger partial charge on any atom is -0.350 e. The van der Waals surface area contributed by atoms with Crippen molar-refractivity contribution in [3.05, 3.63) is 36.0 Å². The molecule has 0 aliphatic carbocycles. The molecule has 0 unspecified atom stereocenters. The van der Waals surface area contributed by atoms with Crippen molar-refractivity contribution in [2.75, 3.05) is 13.1 Å². The summed E-state index contributed by atoms with van der Waals surface area (Å²) in [5.74, 6) is 0. The molecule has 1 fully saturated rings. The number of fused-ring (bicyclic) bond motifs is 1. The van der Waals surface area contributed by atoms with Crippen LogP contribution in [0.2, 0.25) is 0 Å². The Balaban J connectivity index is 2.02. The first kappa shape index (κ1) is 8.98. The van der Waals surface area contributed by atoms with Gasteiger partial charge in [-0.05, 0) is 31.1 Å². The third kappa shape index (κ3) is 1.45. The number of aromatic nitrogens is 1. The van der Waals surface area contributed by atoms with Crippen molar-refractivity contribution in [2.24, 2.45) is 7.05 Å². The second kappa shape index (κ2) is 3.38. The van der Waals surface area contributed by atoms with Crippen LogP contribution in [0.15, 0.2) is 30.5 Å². The first-order valence-electron chi connectivity index (χ1n) is 5.60. The van der Waals surface area contributed by atoms with Gasteiger partial charge in [0.25, 0.3) is 0 Å². The highest BCUT2D eigenvalue weighted by molar-refractivity contribution is 5.83. The van der Waals surface area contributed by atoms with Crippen LogP contribution in [0.4, 0.5) is 0 Å². The largest absolute Gasteiger partial charge is 0.350 e. The predicted molar refractivity (Wildman–Crippen MR) is 62.8 cm³/mol. The van der Waals surface area contributed by atoms with Crippen molar-refractivity contribution in [1.29, 1.82) is 0 Å². The predicted octanol–water partition coefficient (Wildman–Crippen LogP) is 2.38. The average Bonchev–Trinajstić information content (AvgIpc) is 2.51. The Morgan fingerprint density at radius 2 is 2.00 bits per heavy atom. The van der Waals surface area contributed by atoms with Gasteiger partial charge in [0.1, 0.15) is 0 Å². The number of benzene rings is 1. The van der Waals surface area contributed by atoms with E-state index in [0.717, 1.165) is 6.54 Å². The van der Waals surface area contributed by atoms with E-state index in [1.165, 1.54) is 36.0 Å². The maximum absolute atomic E-state index is 2.50. The van der Waals surface area contributed by atoms with Gasteiger partial charge in [0.05, 0.1) is 0 Å². The van der Waals surface area contributed by atoms with E-state index in [1.54, 1.807) is 0 Å². The molecule has 0 saturated carbocycles. The van der Waals surface area contributed by atoms with E-state index in [1.807, 2.05) is 0 Å². The van der Waals surface area contributed by atoms with Gasteiger partial charge in [-0.3, -0.25) is 4.90 Å². The minimum atomic E-state index is 1.11. The number of aryl methyl sites for hydroxylation is 1. The maximum Gasteiger partial charge on any atom is 0.0481 e. The van der Waals surface area contributed by atoms with Crippen LogP contribution in [0.3, 0.4) is 0 Å². The van der Waals surface area contributed by atoms with Crippen LogP contribution in [-0.2, 0) is 13.6 Å². The van der Waals surface area contributed by atoms with Crippen LogP contribution >= 0.6 is 0 Å². The van der Waals surface area contributed by atoms with E-state index in [2.05, 4.69) is 47.0 Å². The van der Waals surface area contributed by atoms with Gasteiger partial charge >= 0.3 is 0 Å². The molecule has 2 aromatic rings. The van der Waals surface area contributed by atoms with E-state index in [-0.39, 0.29) is 0 Å². The summed E-state index contributed by atoms with van der Waals surface area (Å²) < 4.78 is 2.23. The molecule has 15 heavy (non-hydrogen) atoms. The number of para-hydroxylation sites is 1. The Morgan fingerprint density at radius 3 is 2.73 bits per heavy atom. The van der Waals surface area contributed by atoms with Crippen LogP contribution in [0, 0.1) is 0 Å². The summed E-state index contributed by atoms with van der Waals surface area (Å²) in [5, 5.41) is 1.41. The summed E-state index contributed by atoms with van der Waals surface area (Å²) in [4.78, 5) is 2.50. The molecule has 1 aliphatic heterocycles. The smallest absolute Gasteiger partial charge is 0.0481 e. The van der Waals surface area contributed by atoms with E-state index in [4.69, 9.17) is 0 Å². The lowest BCUT2D eigenvalue weighted by molar-refractivity contribution is 0.173. The molecule has 0 radical (unpaired) electrons. The van der Waals surface area contributed by atoms with Gasteiger partial charge < -0.3 is 4.57 Å². The van der Waals surface area contributed by atoms with Crippen molar-refractivity contribution < 1.29 is 0 Å². The normalized spacial score (nSPS) is 16.9. The molecular weight excluding hydrogens is 184 g/mol. The molecule has 2 heteroatoms. The zero-order valence-corrected chi connectivity index (χ0v) is 9.11. The lowest BCUT2D eigenvalue weighted by Crippen LogP contribution is -2.36. The van der Waals surface area contributed by atoms with E-state index < -0.39 is 0 Å². The summed E-state index contributed by atoms with van der Waals surface area (Å²) in [5.41, 5.74) is 2.81. The molecule has 0 spiro atoms. The van der Waals surface area contributed by atoms with Gasteiger partial charge in [0, 0.05) is 30.7 Å². The van der Waals surface area contributed by atoms with Crippen LogP contribution in [0.1, 0.15) is 12.0 Å². The molecule has 0 atom stereocenters. The molecule has 3 rings (SSSR count).